The van der Waals surface area contributed by atoms with Gasteiger partial charge in [-0.05, 0) is 44.0 Å². The fourth-order valence-corrected chi connectivity index (χ4v) is 4.24. The van der Waals surface area contributed by atoms with Crippen LogP contribution in [0.15, 0.2) is 28.7 Å². The predicted molar refractivity (Wildman–Crippen MR) is 81.6 cm³/mol. The summed E-state index contributed by atoms with van der Waals surface area (Å²) in [5.74, 6) is 0.185. The van der Waals surface area contributed by atoms with Gasteiger partial charge in [-0.1, -0.05) is 28.1 Å². The Hall–Kier alpha value is -0.870. The minimum Gasteiger partial charge on any atom is -0.469 e. The van der Waals surface area contributed by atoms with Gasteiger partial charge in [-0.25, -0.2) is 0 Å². The van der Waals surface area contributed by atoms with Gasteiger partial charge in [-0.2, -0.15) is 0 Å². The maximum Gasteiger partial charge on any atom is 0.310 e. The number of nitrogens with zero attached hydrogens (tertiary/aromatic N) is 1. The Balaban J connectivity index is 1.95. The van der Waals surface area contributed by atoms with E-state index in [4.69, 9.17) is 4.74 Å². The lowest BCUT2D eigenvalue weighted by molar-refractivity contribution is -0.150. The van der Waals surface area contributed by atoms with Crippen molar-refractivity contribution in [3.05, 3.63) is 34.3 Å². The topological polar surface area (TPSA) is 29.5 Å². The van der Waals surface area contributed by atoms with Crippen LogP contribution < -0.4 is 0 Å². The van der Waals surface area contributed by atoms with E-state index in [0.29, 0.717) is 12.1 Å². The van der Waals surface area contributed by atoms with Crippen molar-refractivity contribution in [2.75, 3.05) is 14.2 Å². The number of carbonyl (C=O) groups excluding carboxylic acids is 1. The summed E-state index contributed by atoms with van der Waals surface area (Å²) < 4.78 is 6.16. The number of rotatable bonds is 2. The molecule has 2 heterocycles. The van der Waals surface area contributed by atoms with Gasteiger partial charge in [0.2, 0.25) is 0 Å². The van der Waals surface area contributed by atoms with E-state index < -0.39 is 0 Å². The Bertz CT molecular complexity index is 502. The van der Waals surface area contributed by atoms with E-state index in [1.165, 1.54) is 19.1 Å². The normalized spacial score (nSPS) is 33.1. The largest absolute Gasteiger partial charge is 0.469 e. The Morgan fingerprint density at radius 3 is 2.65 bits per heavy atom. The molecule has 3 unspecified atom stereocenters. The smallest absolute Gasteiger partial charge is 0.310 e. The fraction of sp³-hybridized carbons (Fsp3) is 0.562. The molecule has 2 aliphatic rings. The predicted octanol–water partition coefficient (Wildman–Crippen LogP) is 3.19. The first-order chi connectivity index (χ1) is 9.61. The van der Waals surface area contributed by atoms with E-state index in [9.17, 15) is 4.79 Å². The van der Waals surface area contributed by atoms with Gasteiger partial charge in [-0.15, -0.1) is 0 Å². The van der Waals surface area contributed by atoms with Gasteiger partial charge in [0.1, 0.15) is 0 Å². The number of carbonyl (C=O) groups is 1. The molecule has 2 saturated heterocycles. The zero-order valence-electron chi connectivity index (χ0n) is 11.9. The summed E-state index contributed by atoms with van der Waals surface area (Å²) in [6.45, 7) is 0. The quantitative estimate of drug-likeness (QED) is 0.776. The summed E-state index contributed by atoms with van der Waals surface area (Å²) in [5.41, 5.74) is 1.26. The lowest BCUT2D eigenvalue weighted by atomic mass is 9.76. The zero-order valence-corrected chi connectivity index (χ0v) is 13.5. The van der Waals surface area contributed by atoms with Crippen molar-refractivity contribution in [3.63, 3.8) is 0 Å². The summed E-state index contributed by atoms with van der Waals surface area (Å²) in [7, 11) is 3.65. The van der Waals surface area contributed by atoms with Crippen molar-refractivity contribution in [1.82, 2.24) is 4.90 Å². The summed E-state index contributed by atoms with van der Waals surface area (Å²) >= 11 is 3.47. The van der Waals surface area contributed by atoms with E-state index in [1.807, 2.05) is 0 Å². The number of ether oxygens (including phenoxy) is 1. The number of hydrogen-bond acceptors (Lipinski definition) is 3. The van der Waals surface area contributed by atoms with Crippen molar-refractivity contribution in [2.24, 2.45) is 5.92 Å². The molecule has 1 aromatic carbocycles. The Labute approximate surface area is 128 Å². The monoisotopic (exact) mass is 337 g/mol. The second kappa shape index (κ2) is 5.49. The summed E-state index contributed by atoms with van der Waals surface area (Å²) in [4.78, 5) is 14.7. The molecule has 0 radical (unpaired) electrons. The van der Waals surface area contributed by atoms with Gasteiger partial charge in [0.05, 0.1) is 13.0 Å². The molecular weight excluding hydrogens is 318 g/mol. The van der Waals surface area contributed by atoms with Crippen molar-refractivity contribution < 1.29 is 9.53 Å². The Morgan fingerprint density at radius 1 is 1.30 bits per heavy atom. The van der Waals surface area contributed by atoms with E-state index in [2.05, 4.69) is 52.1 Å². The van der Waals surface area contributed by atoms with E-state index >= 15 is 0 Å². The molecule has 0 aliphatic carbocycles. The zero-order chi connectivity index (χ0) is 14.3. The number of hydrogen-bond donors (Lipinski definition) is 0. The minimum atomic E-state index is -0.0601. The molecule has 20 heavy (non-hydrogen) atoms. The molecule has 2 bridgehead atoms. The highest BCUT2D eigenvalue weighted by Gasteiger charge is 2.49. The summed E-state index contributed by atoms with van der Waals surface area (Å²) in [5, 5.41) is 0. The molecule has 108 valence electrons. The van der Waals surface area contributed by atoms with Gasteiger partial charge in [-0.3, -0.25) is 9.69 Å². The molecule has 0 aromatic heterocycles. The lowest BCUT2D eigenvalue weighted by Crippen LogP contribution is -2.49. The molecule has 2 fully saturated rings. The highest BCUT2D eigenvalue weighted by atomic mass is 79.9. The third-order valence-corrected chi connectivity index (χ3v) is 5.57. The molecular formula is C16H20BrNO2. The second-order valence-corrected chi connectivity index (χ2v) is 6.82. The van der Waals surface area contributed by atoms with Crippen molar-refractivity contribution in [3.8, 4) is 0 Å². The third-order valence-electron chi connectivity index (χ3n) is 5.04. The van der Waals surface area contributed by atoms with Gasteiger partial charge < -0.3 is 4.74 Å². The molecule has 0 N–H and O–H groups in total. The van der Waals surface area contributed by atoms with Gasteiger partial charge in [0.25, 0.3) is 0 Å². The number of esters is 1. The van der Waals surface area contributed by atoms with Gasteiger partial charge in [0.15, 0.2) is 0 Å². The average molecular weight is 338 g/mol. The maximum atomic E-state index is 12.3. The number of halogens is 1. The SMILES string of the molecule is COC(=O)C1C2CCC(C[C@@H]1c1ccc(Br)cc1)N2C. The van der Waals surface area contributed by atoms with Crippen LogP contribution in [-0.2, 0) is 9.53 Å². The van der Waals surface area contributed by atoms with E-state index in [-0.39, 0.29) is 17.8 Å². The maximum absolute atomic E-state index is 12.3. The molecule has 0 saturated carbocycles. The first-order valence-electron chi connectivity index (χ1n) is 7.17. The van der Waals surface area contributed by atoms with Crippen LogP contribution in [-0.4, -0.2) is 37.1 Å². The molecule has 3 rings (SSSR count). The lowest BCUT2D eigenvalue weighted by Gasteiger charge is -2.41. The molecule has 4 heteroatoms. The second-order valence-electron chi connectivity index (χ2n) is 5.91. The van der Waals surface area contributed by atoms with Crippen molar-refractivity contribution in [1.29, 1.82) is 0 Å². The number of piperidine rings is 1. The molecule has 4 atom stereocenters. The third kappa shape index (κ3) is 2.29. The van der Waals surface area contributed by atoms with Crippen LogP contribution in [0.1, 0.15) is 30.7 Å². The van der Waals surface area contributed by atoms with Crippen LogP contribution in [0, 0.1) is 5.92 Å². The number of methoxy groups -OCH3 is 1. The van der Waals surface area contributed by atoms with E-state index in [1.54, 1.807) is 0 Å². The average Bonchev–Trinajstić information content (AvgIpc) is 2.70. The minimum absolute atomic E-state index is 0.0371. The van der Waals surface area contributed by atoms with Crippen LogP contribution in [0.4, 0.5) is 0 Å². The standard InChI is InChI=1S/C16H20BrNO2/c1-18-12-7-8-14(18)15(16(19)20-2)13(9-12)10-3-5-11(17)6-4-10/h3-6,12-15H,7-9H2,1-2H3/t12?,13-,14?,15?/m1/s1. The molecule has 2 aliphatic heterocycles. The Morgan fingerprint density at radius 2 is 2.00 bits per heavy atom. The van der Waals surface area contributed by atoms with Crippen LogP contribution in [0.2, 0.25) is 0 Å². The van der Waals surface area contributed by atoms with Crippen molar-refractivity contribution >= 4 is 21.9 Å². The Kier molecular flexibility index (Phi) is 3.87. The molecule has 1 aromatic rings. The van der Waals surface area contributed by atoms with Gasteiger partial charge >= 0.3 is 5.97 Å². The van der Waals surface area contributed by atoms with Crippen LogP contribution in [0.3, 0.4) is 0 Å². The van der Waals surface area contributed by atoms with Gasteiger partial charge in [0, 0.05) is 22.5 Å². The summed E-state index contributed by atoms with van der Waals surface area (Å²) in [6, 6.07) is 9.32. The molecule has 0 amide bonds. The van der Waals surface area contributed by atoms with Crippen molar-refractivity contribution in [2.45, 2.75) is 37.3 Å². The number of benzene rings is 1. The van der Waals surface area contributed by atoms with E-state index in [0.717, 1.165) is 17.3 Å². The first kappa shape index (κ1) is 14.1. The molecule has 0 spiro atoms. The van der Waals surface area contributed by atoms with Crippen LogP contribution >= 0.6 is 15.9 Å². The van der Waals surface area contributed by atoms with Crippen LogP contribution in [0.5, 0.6) is 0 Å². The highest BCUT2D eigenvalue weighted by molar-refractivity contribution is 9.10. The number of fused-ring (bicyclic) bond motifs is 2. The van der Waals surface area contributed by atoms with Crippen LogP contribution in [0.25, 0.3) is 0 Å². The summed E-state index contributed by atoms with van der Waals surface area (Å²) in [6.07, 6.45) is 3.35. The highest BCUT2D eigenvalue weighted by Crippen LogP contribution is 2.46. The first-order valence-corrected chi connectivity index (χ1v) is 7.96. The fourth-order valence-electron chi connectivity index (χ4n) is 3.98. The molecule has 3 nitrogen and oxygen atoms in total.